The minimum atomic E-state index is -0.167. The molecule has 1 unspecified atom stereocenters. The first-order valence-electron chi connectivity index (χ1n) is 6.45. The van der Waals surface area contributed by atoms with Crippen molar-refractivity contribution in [1.82, 2.24) is 10.1 Å². The Kier molecular flexibility index (Phi) is 5.03. The van der Waals surface area contributed by atoms with Gasteiger partial charge in [-0.1, -0.05) is 5.16 Å². The van der Waals surface area contributed by atoms with E-state index in [1.54, 1.807) is 11.8 Å². The zero-order valence-electron chi connectivity index (χ0n) is 11.0. The molecule has 18 heavy (non-hydrogen) atoms. The summed E-state index contributed by atoms with van der Waals surface area (Å²) in [6.45, 7) is 2.66. The van der Waals surface area contributed by atoms with Crippen LogP contribution in [-0.4, -0.2) is 28.8 Å². The fourth-order valence-electron chi connectivity index (χ4n) is 1.88. The van der Waals surface area contributed by atoms with Crippen molar-refractivity contribution in [1.29, 1.82) is 0 Å². The van der Waals surface area contributed by atoms with Crippen molar-refractivity contribution in [3.05, 3.63) is 11.7 Å². The zero-order chi connectivity index (χ0) is 13.0. The monoisotopic (exact) mass is 271 g/mol. The Bertz CT molecular complexity index is 368. The predicted molar refractivity (Wildman–Crippen MR) is 71.3 cm³/mol. The maximum atomic E-state index is 6.01. The van der Waals surface area contributed by atoms with Crippen LogP contribution in [0.2, 0.25) is 0 Å². The number of thioether (sulfide) groups is 1. The minimum absolute atomic E-state index is 0.0137. The molecule has 2 N–H and O–H groups in total. The quantitative estimate of drug-likeness (QED) is 0.782. The molecule has 1 aliphatic rings. The maximum Gasteiger partial charge on any atom is 0.243 e. The van der Waals surface area contributed by atoms with E-state index in [9.17, 15) is 0 Å². The van der Waals surface area contributed by atoms with Crippen LogP contribution in [-0.2, 0) is 4.74 Å². The third-order valence-electron chi connectivity index (χ3n) is 3.06. The van der Waals surface area contributed by atoms with Gasteiger partial charge in [0.25, 0.3) is 0 Å². The highest BCUT2D eigenvalue weighted by Gasteiger charge is 2.36. The minimum Gasteiger partial charge on any atom is -0.370 e. The maximum absolute atomic E-state index is 6.01. The van der Waals surface area contributed by atoms with E-state index in [1.807, 2.05) is 6.92 Å². The van der Waals surface area contributed by atoms with E-state index in [2.05, 4.69) is 16.4 Å². The van der Waals surface area contributed by atoms with E-state index in [4.69, 9.17) is 15.0 Å². The fourth-order valence-corrected chi connectivity index (χ4v) is 2.37. The van der Waals surface area contributed by atoms with Crippen molar-refractivity contribution in [2.45, 2.75) is 38.3 Å². The lowest BCUT2D eigenvalue weighted by Crippen LogP contribution is -2.13. The number of rotatable bonds is 8. The first-order valence-corrected chi connectivity index (χ1v) is 7.85. The molecule has 0 saturated heterocycles. The standard InChI is InChI=1S/C12H21N3O2S/c1-3-16-10(8-4-5-8)11-14-12(17-15-11)9(13)6-7-18-2/h8-10H,3-7,13H2,1-2H3/t9-,10?/m1/s1. The van der Waals surface area contributed by atoms with Gasteiger partial charge in [-0.15, -0.1) is 0 Å². The van der Waals surface area contributed by atoms with Gasteiger partial charge in [-0.3, -0.25) is 0 Å². The number of ether oxygens (including phenoxy) is 1. The van der Waals surface area contributed by atoms with Gasteiger partial charge < -0.3 is 15.0 Å². The molecule has 1 aromatic rings. The van der Waals surface area contributed by atoms with Crippen LogP contribution in [0.1, 0.15) is 50.0 Å². The summed E-state index contributed by atoms with van der Waals surface area (Å²) in [5.74, 6) is 2.74. The molecule has 102 valence electrons. The van der Waals surface area contributed by atoms with Crippen molar-refractivity contribution in [3.8, 4) is 0 Å². The highest BCUT2D eigenvalue weighted by Crippen LogP contribution is 2.42. The molecule has 1 saturated carbocycles. The Hall–Kier alpha value is -0.590. The van der Waals surface area contributed by atoms with E-state index < -0.39 is 0 Å². The van der Waals surface area contributed by atoms with E-state index >= 15 is 0 Å². The third-order valence-corrected chi connectivity index (χ3v) is 3.70. The Morgan fingerprint density at radius 2 is 2.33 bits per heavy atom. The summed E-state index contributed by atoms with van der Waals surface area (Å²) in [5.41, 5.74) is 6.01. The molecule has 0 radical (unpaired) electrons. The smallest absolute Gasteiger partial charge is 0.243 e. The van der Waals surface area contributed by atoms with E-state index in [0.717, 1.165) is 12.2 Å². The van der Waals surface area contributed by atoms with Crippen molar-refractivity contribution in [3.63, 3.8) is 0 Å². The van der Waals surface area contributed by atoms with Crippen LogP contribution in [0.15, 0.2) is 4.52 Å². The van der Waals surface area contributed by atoms with Gasteiger partial charge in [0.2, 0.25) is 11.7 Å². The molecule has 2 rings (SSSR count). The summed E-state index contributed by atoms with van der Waals surface area (Å²) >= 11 is 1.77. The van der Waals surface area contributed by atoms with Gasteiger partial charge in [0.15, 0.2) is 0 Å². The first kappa shape index (κ1) is 13.8. The number of nitrogens with zero attached hydrogens (tertiary/aromatic N) is 2. The zero-order valence-corrected chi connectivity index (χ0v) is 11.8. The molecule has 1 fully saturated rings. The number of hydrogen-bond donors (Lipinski definition) is 1. The molecule has 6 heteroatoms. The summed E-state index contributed by atoms with van der Waals surface area (Å²) in [6.07, 6.45) is 5.27. The third kappa shape index (κ3) is 3.46. The summed E-state index contributed by atoms with van der Waals surface area (Å²) in [7, 11) is 0. The van der Waals surface area contributed by atoms with Gasteiger partial charge in [0.05, 0.1) is 6.04 Å². The molecule has 5 nitrogen and oxygen atoms in total. The largest absolute Gasteiger partial charge is 0.370 e. The summed E-state index contributed by atoms with van der Waals surface area (Å²) < 4.78 is 10.9. The molecular formula is C12H21N3O2S. The summed E-state index contributed by atoms with van der Waals surface area (Å²) in [6, 6.07) is -0.167. The highest BCUT2D eigenvalue weighted by atomic mass is 32.2. The SMILES string of the molecule is CCOC(c1noc([C@H](N)CCSC)n1)C1CC1. The molecule has 2 atom stereocenters. The molecule has 0 bridgehead atoms. The molecule has 0 spiro atoms. The molecule has 0 aliphatic heterocycles. The first-order chi connectivity index (χ1) is 8.76. The van der Waals surface area contributed by atoms with Crippen molar-refractivity contribution in [2.24, 2.45) is 11.7 Å². The van der Waals surface area contributed by atoms with Crippen molar-refractivity contribution >= 4 is 11.8 Å². The topological polar surface area (TPSA) is 74.2 Å². The second kappa shape index (κ2) is 6.54. The lowest BCUT2D eigenvalue weighted by molar-refractivity contribution is 0.0384. The number of nitrogens with two attached hydrogens (primary N) is 1. The van der Waals surface area contributed by atoms with Gasteiger partial charge in [0, 0.05) is 6.61 Å². The van der Waals surface area contributed by atoms with Gasteiger partial charge in [0.1, 0.15) is 6.10 Å². The Morgan fingerprint density at radius 3 is 2.94 bits per heavy atom. The summed E-state index contributed by atoms with van der Waals surface area (Å²) in [5, 5.41) is 4.03. The van der Waals surface area contributed by atoms with Crippen LogP contribution in [0, 0.1) is 5.92 Å². The average molecular weight is 271 g/mol. The second-order valence-corrected chi connectivity index (χ2v) is 5.58. The second-order valence-electron chi connectivity index (χ2n) is 4.59. The lowest BCUT2D eigenvalue weighted by Gasteiger charge is -2.11. The van der Waals surface area contributed by atoms with Gasteiger partial charge in [-0.25, -0.2) is 0 Å². The van der Waals surface area contributed by atoms with Crippen molar-refractivity contribution in [2.75, 3.05) is 18.6 Å². The lowest BCUT2D eigenvalue weighted by atomic mass is 10.2. The van der Waals surface area contributed by atoms with Gasteiger partial charge in [-0.2, -0.15) is 16.7 Å². The van der Waals surface area contributed by atoms with Crippen LogP contribution in [0.3, 0.4) is 0 Å². The molecule has 1 aliphatic carbocycles. The van der Waals surface area contributed by atoms with Crippen molar-refractivity contribution < 1.29 is 9.26 Å². The molecular weight excluding hydrogens is 250 g/mol. The average Bonchev–Trinajstić information content (AvgIpc) is 3.09. The van der Waals surface area contributed by atoms with Crippen LogP contribution in [0.5, 0.6) is 0 Å². The van der Waals surface area contributed by atoms with Crippen LogP contribution >= 0.6 is 11.8 Å². The predicted octanol–water partition coefficient (Wildman–Crippen LogP) is 2.31. The van der Waals surface area contributed by atoms with Crippen LogP contribution in [0.25, 0.3) is 0 Å². The normalized spacial score (nSPS) is 18.8. The number of hydrogen-bond acceptors (Lipinski definition) is 6. The Morgan fingerprint density at radius 1 is 1.56 bits per heavy atom. The van der Waals surface area contributed by atoms with E-state index in [1.165, 1.54) is 12.8 Å². The number of aromatic nitrogens is 2. The molecule has 0 amide bonds. The molecule has 0 aromatic carbocycles. The summed E-state index contributed by atoms with van der Waals surface area (Å²) in [4.78, 5) is 4.41. The molecule has 1 heterocycles. The Labute approximate surface area is 112 Å². The van der Waals surface area contributed by atoms with E-state index in [0.29, 0.717) is 24.2 Å². The molecule has 1 aromatic heterocycles. The van der Waals surface area contributed by atoms with Gasteiger partial charge in [-0.05, 0) is 44.1 Å². The van der Waals surface area contributed by atoms with Crippen LogP contribution < -0.4 is 5.73 Å². The van der Waals surface area contributed by atoms with Gasteiger partial charge >= 0.3 is 0 Å². The van der Waals surface area contributed by atoms with Crippen LogP contribution in [0.4, 0.5) is 0 Å². The fraction of sp³-hybridized carbons (Fsp3) is 0.833. The Balaban J connectivity index is 1.99. The van der Waals surface area contributed by atoms with E-state index in [-0.39, 0.29) is 12.1 Å². The highest BCUT2D eigenvalue weighted by molar-refractivity contribution is 7.98.